The first-order chi connectivity index (χ1) is 16.2. The lowest BCUT2D eigenvalue weighted by atomic mass is 9.93. The van der Waals surface area contributed by atoms with Crippen LogP contribution in [0.3, 0.4) is 0 Å². The van der Waals surface area contributed by atoms with E-state index in [1.165, 1.54) is 167 Å². The predicted octanol–water partition coefficient (Wildman–Crippen LogP) is 11.6. The summed E-state index contributed by atoms with van der Waals surface area (Å²) >= 11 is 0. The molecular weight excluding hydrogens is 400 g/mol. The van der Waals surface area contributed by atoms with Crippen molar-refractivity contribution in [1.29, 1.82) is 0 Å². The first-order valence-corrected chi connectivity index (χ1v) is 15.9. The van der Waals surface area contributed by atoms with Gasteiger partial charge in [-0.05, 0) is 18.8 Å². The van der Waals surface area contributed by atoms with E-state index in [1.807, 2.05) is 0 Å². The quantitative estimate of drug-likeness (QED) is 0.114. The summed E-state index contributed by atoms with van der Waals surface area (Å²) in [5.41, 5.74) is 0. The van der Waals surface area contributed by atoms with Crippen molar-refractivity contribution in [2.75, 3.05) is 0 Å². The normalized spacial score (nSPS) is 13.5. The number of aliphatic hydroxyl groups is 1. The summed E-state index contributed by atoms with van der Waals surface area (Å²) < 4.78 is 0. The fourth-order valence-electron chi connectivity index (χ4n) is 5.16. The summed E-state index contributed by atoms with van der Waals surface area (Å²) in [6.07, 6.45) is 37.4. The molecule has 0 saturated carbocycles. The van der Waals surface area contributed by atoms with Crippen LogP contribution in [0.15, 0.2) is 0 Å². The van der Waals surface area contributed by atoms with E-state index >= 15 is 0 Å². The Morgan fingerprint density at radius 1 is 0.364 bits per heavy atom. The topological polar surface area (TPSA) is 20.2 Å². The van der Waals surface area contributed by atoms with Crippen LogP contribution in [0.25, 0.3) is 0 Å². The van der Waals surface area contributed by atoms with Crippen molar-refractivity contribution in [2.45, 2.75) is 200 Å². The van der Waals surface area contributed by atoms with Gasteiger partial charge in [-0.2, -0.15) is 0 Å². The summed E-state index contributed by atoms with van der Waals surface area (Å²) in [5, 5.41) is 10.5. The Morgan fingerprint density at radius 3 is 0.909 bits per heavy atom. The molecule has 0 heterocycles. The molecule has 33 heavy (non-hydrogen) atoms. The third-order valence-corrected chi connectivity index (χ3v) is 7.77. The largest absolute Gasteiger partial charge is 0.393 e. The van der Waals surface area contributed by atoms with Crippen molar-refractivity contribution in [3.63, 3.8) is 0 Å². The maximum absolute atomic E-state index is 10.5. The van der Waals surface area contributed by atoms with Gasteiger partial charge in [0.2, 0.25) is 0 Å². The number of hydrogen-bond donors (Lipinski definition) is 1. The highest BCUT2D eigenvalue weighted by Gasteiger charge is 2.13. The van der Waals surface area contributed by atoms with Gasteiger partial charge in [0.15, 0.2) is 0 Å². The van der Waals surface area contributed by atoms with E-state index in [2.05, 4.69) is 20.8 Å². The van der Waals surface area contributed by atoms with Crippen molar-refractivity contribution >= 4 is 0 Å². The highest BCUT2D eigenvalue weighted by atomic mass is 16.3. The molecule has 0 bridgehead atoms. The minimum absolute atomic E-state index is 0.0643. The zero-order valence-corrected chi connectivity index (χ0v) is 23.7. The van der Waals surface area contributed by atoms with E-state index in [9.17, 15) is 5.11 Å². The van der Waals surface area contributed by atoms with Crippen molar-refractivity contribution in [3.05, 3.63) is 0 Å². The second-order valence-electron chi connectivity index (χ2n) is 11.3. The van der Waals surface area contributed by atoms with E-state index in [4.69, 9.17) is 0 Å². The van der Waals surface area contributed by atoms with E-state index in [-0.39, 0.29) is 6.10 Å². The van der Waals surface area contributed by atoms with Gasteiger partial charge >= 0.3 is 0 Å². The molecule has 2 atom stereocenters. The van der Waals surface area contributed by atoms with Gasteiger partial charge in [0.25, 0.3) is 0 Å². The van der Waals surface area contributed by atoms with Crippen molar-refractivity contribution < 1.29 is 5.11 Å². The molecule has 0 aromatic rings. The summed E-state index contributed by atoms with van der Waals surface area (Å²) in [7, 11) is 0. The molecule has 2 unspecified atom stereocenters. The summed E-state index contributed by atoms with van der Waals surface area (Å²) in [4.78, 5) is 0. The molecule has 0 aliphatic heterocycles. The van der Waals surface area contributed by atoms with Crippen LogP contribution in [-0.2, 0) is 0 Å². The van der Waals surface area contributed by atoms with E-state index < -0.39 is 0 Å². The second-order valence-corrected chi connectivity index (χ2v) is 11.3. The van der Waals surface area contributed by atoms with Gasteiger partial charge in [-0.25, -0.2) is 0 Å². The second kappa shape index (κ2) is 28.2. The van der Waals surface area contributed by atoms with Gasteiger partial charge in [0, 0.05) is 0 Å². The Hall–Kier alpha value is -0.0400. The molecule has 1 N–H and O–H groups in total. The van der Waals surface area contributed by atoms with Crippen LogP contribution in [0.2, 0.25) is 0 Å². The molecule has 0 fully saturated rings. The molecule has 0 radical (unpaired) electrons. The lowest BCUT2D eigenvalue weighted by molar-refractivity contribution is 0.0985. The lowest BCUT2D eigenvalue weighted by Gasteiger charge is -2.18. The molecule has 0 aromatic heterocycles. The maximum Gasteiger partial charge on any atom is 0.0565 e. The number of hydrogen-bond acceptors (Lipinski definition) is 1. The summed E-state index contributed by atoms with van der Waals surface area (Å²) in [6, 6.07) is 0. The van der Waals surface area contributed by atoms with E-state index in [0.29, 0.717) is 5.92 Å². The minimum atomic E-state index is -0.0643. The highest BCUT2D eigenvalue weighted by molar-refractivity contribution is 4.65. The number of aliphatic hydroxyl groups excluding tert-OH is 1. The molecular formula is C32H66O. The minimum Gasteiger partial charge on any atom is -0.393 e. The van der Waals surface area contributed by atoms with Crippen LogP contribution < -0.4 is 0 Å². The van der Waals surface area contributed by atoms with Gasteiger partial charge in [0.1, 0.15) is 0 Å². The van der Waals surface area contributed by atoms with Crippen LogP contribution in [0, 0.1) is 5.92 Å². The molecule has 0 amide bonds. The number of rotatable bonds is 28. The summed E-state index contributed by atoms with van der Waals surface area (Å²) in [6.45, 7) is 6.85. The number of unbranched alkanes of at least 4 members (excludes halogenated alkanes) is 23. The first-order valence-electron chi connectivity index (χ1n) is 15.9. The monoisotopic (exact) mass is 467 g/mol. The van der Waals surface area contributed by atoms with Gasteiger partial charge in [-0.1, -0.05) is 181 Å². The third-order valence-electron chi connectivity index (χ3n) is 7.77. The molecule has 200 valence electrons. The smallest absolute Gasteiger partial charge is 0.0565 e. The zero-order chi connectivity index (χ0) is 24.2. The Balaban J connectivity index is 3.27. The summed E-state index contributed by atoms with van der Waals surface area (Å²) in [5.74, 6) is 0.491. The van der Waals surface area contributed by atoms with Gasteiger partial charge in [-0.3, -0.25) is 0 Å². The van der Waals surface area contributed by atoms with Crippen LogP contribution in [0.4, 0.5) is 0 Å². The van der Waals surface area contributed by atoms with Gasteiger partial charge in [-0.15, -0.1) is 0 Å². The van der Waals surface area contributed by atoms with Gasteiger partial charge < -0.3 is 5.11 Å². The highest BCUT2D eigenvalue weighted by Crippen LogP contribution is 2.20. The molecule has 0 spiro atoms. The molecule has 0 aliphatic carbocycles. The SMILES string of the molecule is CCCCCCCCCCCCCCCCCC(O)C(C)CCCCCCCCCCCC. The lowest BCUT2D eigenvalue weighted by Crippen LogP contribution is -2.17. The average Bonchev–Trinajstić information content (AvgIpc) is 2.82. The van der Waals surface area contributed by atoms with E-state index in [0.717, 1.165) is 6.42 Å². The van der Waals surface area contributed by atoms with Crippen molar-refractivity contribution in [1.82, 2.24) is 0 Å². The Morgan fingerprint density at radius 2 is 0.606 bits per heavy atom. The van der Waals surface area contributed by atoms with Crippen LogP contribution in [-0.4, -0.2) is 11.2 Å². The van der Waals surface area contributed by atoms with Crippen LogP contribution in [0.5, 0.6) is 0 Å². The fraction of sp³-hybridized carbons (Fsp3) is 1.00. The zero-order valence-electron chi connectivity index (χ0n) is 23.7. The fourth-order valence-corrected chi connectivity index (χ4v) is 5.16. The molecule has 1 nitrogen and oxygen atoms in total. The van der Waals surface area contributed by atoms with Crippen molar-refractivity contribution in [3.8, 4) is 0 Å². The Labute approximate surface area is 211 Å². The van der Waals surface area contributed by atoms with E-state index in [1.54, 1.807) is 0 Å². The molecule has 0 aromatic carbocycles. The standard InChI is InChI=1S/C32H66O/c1-4-6-8-10-12-14-16-17-18-19-20-22-24-26-28-30-32(33)31(3)29-27-25-23-21-15-13-11-9-7-5-2/h31-33H,4-30H2,1-3H3. The average molecular weight is 467 g/mol. The van der Waals surface area contributed by atoms with Crippen LogP contribution in [0.1, 0.15) is 194 Å². The maximum atomic E-state index is 10.5. The van der Waals surface area contributed by atoms with Gasteiger partial charge in [0.05, 0.1) is 6.10 Å². The molecule has 1 heteroatoms. The first kappa shape index (κ1) is 33.0. The Bertz CT molecular complexity index is 339. The molecule has 0 aliphatic rings. The molecule has 0 rings (SSSR count). The predicted molar refractivity (Wildman–Crippen MR) is 151 cm³/mol. The van der Waals surface area contributed by atoms with Crippen LogP contribution >= 0.6 is 0 Å². The Kier molecular flexibility index (Phi) is 28.2. The van der Waals surface area contributed by atoms with Crippen molar-refractivity contribution in [2.24, 2.45) is 5.92 Å². The molecule has 0 saturated heterocycles. The third kappa shape index (κ3) is 26.4.